The lowest BCUT2D eigenvalue weighted by Gasteiger charge is -2.54. The van der Waals surface area contributed by atoms with E-state index in [2.05, 4.69) is 11.4 Å². The molecule has 1 aliphatic heterocycles. The van der Waals surface area contributed by atoms with Gasteiger partial charge in [0.2, 0.25) is 5.91 Å². The van der Waals surface area contributed by atoms with Gasteiger partial charge >= 0.3 is 6.09 Å². The minimum Gasteiger partial charge on any atom is -0.444 e. The molecule has 5 nitrogen and oxygen atoms in total. The van der Waals surface area contributed by atoms with Crippen molar-refractivity contribution in [2.45, 2.75) is 83.5 Å². The van der Waals surface area contributed by atoms with Crippen LogP contribution >= 0.6 is 0 Å². The molecule has 4 bridgehead atoms. The third-order valence-corrected chi connectivity index (χ3v) is 7.71. The summed E-state index contributed by atoms with van der Waals surface area (Å²) in [7, 11) is 0. The molecule has 1 heterocycles. The molecule has 1 aromatic rings. The first-order chi connectivity index (χ1) is 14.3. The molecular weight excluding hydrogens is 376 g/mol. The number of nitrogens with zero attached hydrogens (tertiary/aromatic N) is 1. The van der Waals surface area contributed by atoms with Crippen LogP contribution in [0.2, 0.25) is 0 Å². The predicted octanol–water partition coefficient (Wildman–Crippen LogP) is 4.29. The second kappa shape index (κ2) is 7.28. The van der Waals surface area contributed by atoms with Gasteiger partial charge in [0, 0.05) is 12.5 Å². The SMILES string of the molecule is CC(C)(C)OC(=O)N1Cc2ccccc2C[C@@H]1C(=O)NC1C2CC3CC(C2)CC1C3. The van der Waals surface area contributed by atoms with Crippen molar-refractivity contribution in [2.24, 2.45) is 23.7 Å². The van der Waals surface area contributed by atoms with Crippen LogP contribution in [0.5, 0.6) is 0 Å². The molecule has 0 saturated heterocycles. The van der Waals surface area contributed by atoms with Gasteiger partial charge in [-0.3, -0.25) is 9.69 Å². The van der Waals surface area contributed by atoms with Crippen molar-refractivity contribution in [3.63, 3.8) is 0 Å². The number of hydrogen-bond acceptors (Lipinski definition) is 3. The fraction of sp³-hybridized carbons (Fsp3) is 0.680. The zero-order chi connectivity index (χ0) is 21.0. The molecule has 1 aromatic carbocycles. The van der Waals surface area contributed by atoms with Crippen LogP contribution in [0.15, 0.2) is 24.3 Å². The molecule has 6 rings (SSSR count). The first kappa shape index (κ1) is 19.9. The Morgan fingerprint density at radius 1 is 0.967 bits per heavy atom. The van der Waals surface area contributed by atoms with E-state index in [0.29, 0.717) is 24.8 Å². The number of carbonyl (C=O) groups excluding carboxylic acids is 2. The summed E-state index contributed by atoms with van der Waals surface area (Å²) >= 11 is 0. The lowest BCUT2D eigenvalue weighted by molar-refractivity contribution is -0.131. The zero-order valence-corrected chi connectivity index (χ0v) is 18.4. The second-order valence-corrected chi connectivity index (χ2v) is 11.1. The van der Waals surface area contributed by atoms with Gasteiger partial charge in [-0.2, -0.15) is 0 Å². The van der Waals surface area contributed by atoms with E-state index in [0.717, 1.165) is 23.0 Å². The molecule has 4 aliphatic carbocycles. The van der Waals surface area contributed by atoms with Crippen LogP contribution < -0.4 is 5.32 Å². The topological polar surface area (TPSA) is 58.6 Å². The molecule has 30 heavy (non-hydrogen) atoms. The van der Waals surface area contributed by atoms with Gasteiger partial charge < -0.3 is 10.1 Å². The fourth-order valence-electron chi connectivity index (χ4n) is 6.69. The van der Waals surface area contributed by atoms with Crippen molar-refractivity contribution in [3.05, 3.63) is 35.4 Å². The predicted molar refractivity (Wildman–Crippen MR) is 115 cm³/mol. The second-order valence-electron chi connectivity index (χ2n) is 11.1. The van der Waals surface area contributed by atoms with Gasteiger partial charge in [0.1, 0.15) is 11.6 Å². The largest absolute Gasteiger partial charge is 0.444 e. The Morgan fingerprint density at radius 3 is 2.17 bits per heavy atom. The summed E-state index contributed by atoms with van der Waals surface area (Å²) in [6.07, 6.45) is 6.61. The van der Waals surface area contributed by atoms with Gasteiger partial charge in [-0.1, -0.05) is 24.3 Å². The third-order valence-electron chi connectivity index (χ3n) is 7.71. The van der Waals surface area contributed by atoms with Crippen LogP contribution in [0.3, 0.4) is 0 Å². The lowest BCUT2D eigenvalue weighted by Crippen LogP contribution is -2.60. The smallest absolute Gasteiger partial charge is 0.411 e. The van der Waals surface area contributed by atoms with Gasteiger partial charge in [0.15, 0.2) is 0 Å². The minimum atomic E-state index is -0.587. The quantitative estimate of drug-likeness (QED) is 0.791. The standard InChI is InChI=1S/C25H34N2O3/c1-25(2,3)30-24(29)27-14-18-7-5-4-6-17(18)13-21(27)23(28)26-22-19-9-15-8-16(11-19)12-20(22)10-15/h4-7,15-16,19-22H,8-14H2,1-3H3,(H,26,28)/t15?,16?,19?,20?,21-,22?/m1/s1. The third kappa shape index (κ3) is 3.72. The molecule has 0 aromatic heterocycles. The Bertz CT molecular complexity index is 815. The van der Waals surface area contributed by atoms with Crippen molar-refractivity contribution in [3.8, 4) is 0 Å². The van der Waals surface area contributed by atoms with Crippen molar-refractivity contribution in [1.29, 1.82) is 0 Å². The van der Waals surface area contributed by atoms with Crippen LogP contribution in [-0.2, 0) is 22.5 Å². The summed E-state index contributed by atoms with van der Waals surface area (Å²) in [6.45, 7) is 6.02. The van der Waals surface area contributed by atoms with E-state index in [1.807, 2.05) is 39.0 Å². The number of nitrogens with one attached hydrogen (secondary N) is 1. The molecule has 1 atom stereocenters. The van der Waals surface area contributed by atoms with Crippen LogP contribution in [0.1, 0.15) is 64.0 Å². The average molecular weight is 411 g/mol. The van der Waals surface area contributed by atoms with E-state index < -0.39 is 17.7 Å². The molecule has 5 aliphatic rings. The monoisotopic (exact) mass is 410 g/mol. The van der Waals surface area contributed by atoms with Crippen molar-refractivity contribution < 1.29 is 14.3 Å². The number of benzene rings is 1. The number of rotatable bonds is 2. The van der Waals surface area contributed by atoms with Crippen molar-refractivity contribution in [1.82, 2.24) is 10.2 Å². The van der Waals surface area contributed by atoms with Crippen LogP contribution in [0, 0.1) is 23.7 Å². The Labute approximate surface area is 179 Å². The molecule has 0 unspecified atom stereocenters. The highest BCUT2D eigenvalue weighted by Gasteiger charge is 2.49. The van der Waals surface area contributed by atoms with Crippen molar-refractivity contribution in [2.75, 3.05) is 0 Å². The van der Waals surface area contributed by atoms with Gasteiger partial charge in [0.05, 0.1) is 6.54 Å². The fourth-order valence-corrected chi connectivity index (χ4v) is 6.69. The number of fused-ring (bicyclic) bond motifs is 1. The van der Waals surface area contributed by atoms with Crippen LogP contribution in [0.4, 0.5) is 4.79 Å². The maximum absolute atomic E-state index is 13.5. The molecule has 2 amide bonds. The van der Waals surface area contributed by atoms with Crippen molar-refractivity contribution >= 4 is 12.0 Å². The van der Waals surface area contributed by atoms with Crippen LogP contribution in [0.25, 0.3) is 0 Å². The molecule has 162 valence electrons. The van der Waals surface area contributed by atoms with E-state index >= 15 is 0 Å². The van der Waals surface area contributed by atoms with Gasteiger partial charge in [0.25, 0.3) is 0 Å². The van der Waals surface area contributed by atoms with Crippen LogP contribution in [-0.4, -0.2) is 34.6 Å². The summed E-state index contributed by atoms with van der Waals surface area (Å²) in [4.78, 5) is 28.2. The summed E-state index contributed by atoms with van der Waals surface area (Å²) in [5.41, 5.74) is 1.67. The summed E-state index contributed by atoms with van der Waals surface area (Å²) in [5, 5.41) is 3.42. The van der Waals surface area contributed by atoms with E-state index in [1.165, 1.54) is 32.1 Å². The highest BCUT2D eigenvalue weighted by atomic mass is 16.6. The molecule has 4 saturated carbocycles. The van der Waals surface area contributed by atoms with E-state index in [4.69, 9.17) is 4.74 Å². The lowest BCUT2D eigenvalue weighted by atomic mass is 9.54. The van der Waals surface area contributed by atoms with E-state index in [9.17, 15) is 9.59 Å². The maximum Gasteiger partial charge on any atom is 0.411 e. The summed E-state index contributed by atoms with van der Waals surface area (Å²) < 4.78 is 5.66. The molecule has 4 fully saturated rings. The number of carbonyl (C=O) groups is 2. The van der Waals surface area contributed by atoms with Gasteiger partial charge in [-0.25, -0.2) is 4.79 Å². The minimum absolute atomic E-state index is 0.00663. The van der Waals surface area contributed by atoms with E-state index in [1.54, 1.807) is 4.90 Å². The molecular formula is C25H34N2O3. The molecule has 5 heteroatoms. The van der Waals surface area contributed by atoms with E-state index in [-0.39, 0.29) is 11.9 Å². The average Bonchev–Trinajstić information content (AvgIpc) is 2.67. The number of ether oxygens (including phenoxy) is 1. The summed E-state index contributed by atoms with van der Waals surface area (Å²) in [6, 6.07) is 7.88. The molecule has 0 radical (unpaired) electrons. The van der Waals surface area contributed by atoms with Gasteiger partial charge in [-0.05, 0) is 87.7 Å². The Kier molecular flexibility index (Phi) is 4.83. The molecule has 0 spiro atoms. The summed E-state index contributed by atoms with van der Waals surface area (Å²) in [5.74, 6) is 2.99. The highest BCUT2D eigenvalue weighted by molar-refractivity contribution is 5.87. The normalized spacial score (nSPS) is 34.4. The first-order valence-corrected chi connectivity index (χ1v) is 11.6. The Hall–Kier alpha value is -2.04. The Morgan fingerprint density at radius 2 is 1.57 bits per heavy atom. The van der Waals surface area contributed by atoms with Gasteiger partial charge in [-0.15, -0.1) is 0 Å². The zero-order valence-electron chi connectivity index (χ0n) is 18.4. The maximum atomic E-state index is 13.5. The number of amides is 2. The first-order valence-electron chi connectivity index (χ1n) is 11.6. The number of hydrogen-bond donors (Lipinski definition) is 1. The highest BCUT2D eigenvalue weighted by Crippen LogP contribution is 2.53. The molecule has 1 N–H and O–H groups in total. The Balaban J connectivity index is 1.36.